The smallest absolute Gasteiger partial charge is 0.418 e. The average molecular weight is 593 g/mol. The number of sulfonamides is 1. The van der Waals surface area contributed by atoms with Crippen LogP contribution in [-0.4, -0.2) is 48.2 Å². The Morgan fingerprint density at radius 3 is 2.48 bits per heavy atom. The van der Waals surface area contributed by atoms with Gasteiger partial charge in [-0.3, -0.25) is 0 Å². The molecule has 0 atom stereocenters. The van der Waals surface area contributed by atoms with Crippen LogP contribution in [0.2, 0.25) is 0 Å². The molecule has 208 valence electrons. The third kappa shape index (κ3) is 5.42. The van der Waals surface area contributed by atoms with Gasteiger partial charge in [0.1, 0.15) is 17.4 Å². The highest BCUT2D eigenvalue weighted by Crippen LogP contribution is 2.42. The number of thiazole rings is 1. The van der Waals surface area contributed by atoms with Gasteiger partial charge in [-0.05, 0) is 53.4 Å². The van der Waals surface area contributed by atoms with Crippen molar-refractivity contribution < 1.29 is 35.5 Å². The van der Waals surface area contributed by atoms with Gasteiger partial charge in [0.2, 0.25) is 5.88 Å². The largest absolute Gasteiger partial charge is 0.492 e. The Hall–Kier alpha value is -3.88. The fourth-order valence-electron chi connectivity index (χ4n) is 3.99. The first-order chi connectivity index (χ1) is 19.0. The SMILES string of the molecule is COc1cnc2c(-c3nc4c(C(F)(F)F)cc(OCCN(F)S(=O)(=O)c5ccccc5)cc4s3)cc(C)cc2n1. The Morgan fingerprint density at radius 1 is 1.02 bits per heavy atom. The van der Waals surface area contributed by atoms with Gasteiger partial charge >= 0.3 is 6.18 Å². The van der Waals surface area contributed by atoms with Gasteiger partial charge in [0.15, 0.2) is 0 Å². The molecule has 14 heteroatoms. The average Bonchev–Trinajstić information content (AvgIpc) is 3.35. The van der Waals surface area contributed by atoms with E-state index >= 15 is 0 Å². The number of nitrogens with zero attached hydrogens (tertiary/aromatic N) is 4. The number of ether oxygens (including phenoxy) is 2. The Balaban J connectivity index is 1.47. The first kappa shape index (κ1) is 27.7. The maximum absolute atomic E-state index is 14.4. The van der Waals surface area contributed by atoms with Gasteiger partial charge in [0, 0.05) is 5.56 Å². The standard InChI is InChI=1S/C26H20F4N4O4S2/c1-15-10-18(23-20(11-15)32-22(37-2)14-31-23)25-33-24-19(26(27,28)29)12-16(13-21(24)39-25)38-9-8-34(30)40(35,36)17-6-4-3-5-7-17/h3-7,10-14H,8-9H2,1-2H3. The van der Waals surface area contributed by atoms with Gasteiger partial charge in [-0.2, -0.15) is 13.2 Å². The van der Waals surface area contributed by atoms with Crippen LogP contribution in [0.25, 0.3) is 31.8 Å². The van der Waals surface area contributed by atoms with E-state index in [0.717, 1.165) is 23.0 Å². The van der Waals surface area contributed by atoms with E-state index in [9.17, 15) is 26.1 Å². The van der Waals surface area contributed by atoms with Crippen molar-refractivity contribution in [1.29, 1.82) is 0 Å². The summed E-state index contributed by atoms with van der Waals surface area (Å²) in [5.74, 6) is 0.0806. The van der Waals surface area contributed by atoms with E-state index in [-0.39, 0.29) is 31.7 Å². The maximum Gasteiger partial charge on any atom is 0.418 e. The van der Waals surface area contributed by atoms with Crippen LogP contribution < -0.4 is 9.47 Å². The second kappa shape index (κ2) is 10.6. The number of aromatic nitrogens is 3. The number of halogens is 4. The minimum atomic E-state index is -4.77. The molecule has 0 aliphatic carbocycles. The zero-order chi connectivity index (χ0) is 28.7. The molecule has 0 unspecified atom stereocenters. The van der Waals surface area contributed by atoms with Crippen molar-refractivity contribution in [1.82, 2.24) is 19.5 Å². The van der Waals surface area contributed by atoms with E-state index in [1.165, 1.54) is 43.6 Å². The number of hydrogen-bond acceptors (Lipinski definition) is 8. The molecule has 0 bridgehead atoms. The zero-order valence-corrected chi connectivity index (χ0v) is 22.6. The number of rotatable bonds is 8. The van der Waals surface area contributed by atoms with Crippen molar-refractivity contribution in [3.05, 3.63) is 71.9 Å². The van der Waals surface area contributed by atoms with Crippen LogP contribution in [0.1, 0.15) is 11.1 Å². The fraction of sp³-hybridized carbons (Fsp3) is 0.192. The number of methoxy groups -OCH3 is 1. The van der Waals surface area contributed by atoms with Crippen LogP contribution in [0.4, 0.5) is 17.7 Å². The van der Waals surface area contributed by atoms with Crippen LogP contribution in [0.5, 0.6) is 11.6 Å². The highest BCUT2D eigenvalue weighted by Gasteiger charge is 2.35. The molecule has 0 aliphatic heterocycles. The van der Waals surface area contributed by atoms with Crippen LogP contribution in [0.3, 0.4) is 0 Å². The van der Waals surface area contributed by atoms with Gasteiger partial charge in [-0.1, -0.05) is 18.2 Å². The predicted molar refractivity (Wildman–Crippen MR) is 141 cm³/mol. The molecule has 5 rings (SSSR count). The Labute approximate surface area is 229 Å². The maximum atomic E-state index is 14.4. The second-order valence-corrected chi connectivity index (χ2v) is 11.5. The summed E-state index contributed by atoms with van der Waals surface area (Å²) in [4.78, 5) is 12.8. The number of alkyl halides is 3. The lowest BCUT2D eigenvalue weighted by Crippen LogP contribution is -2.27. The lowest BCUT2D eigenvalue weighted by Gasteiger charge is -2.14. The second-order valence-electron chi connectivity index (χ2n) is 8.60. The number of hydrogen-bond donors (Lipinski definition) is 0. The van der Waals surface area contributed by atoms with Gasteiger partial charge in [0.05, 0.1) is 51.6 Å². The number of aryl methyl sites for hydroxylation is 1. The fourth-order valence-corrected chi connectivity index (χ4v) is 6.07. The highest BCUT2D eigenvalue weighted by atomic mass is 32.2. The third-order valence-corrected chi connectivity index (χ3v) is 8.43. The summed E-state index contributed by atoms with van der Waals surface area (Å²) in [6, 6.07) is 12.6. The molecule has 0 N–H and O–H groups in total. The minimum absolute atomic E-state index is 0.171. The van der Waals surface area contributed by atoms with Crippen LogP contribution in [0.15, 0.2) is 65.7 Å². The van der Waals surface area contributed by atoms with Crippen molar-refractivity contribution in [3.63, 3.8) is 0 Å². The lowest BCUT2D eigenvalue weighted by molar-refractivity contribution is -0.136. The summed E-state index contributed by atoms with van der Waals surface area (Å²) in [6.07, 6.45) is -3.36. The van der Waals surface area contributed by atoms with Crippen LogP contribution >= 0.6 is 11.3 Å². The Morgan fingerprint density at radius 2 is 1.77 bits per heavy atom. The molecule has 0 aliphatic rings. The molecule has 2 aromatic heterocycles. The molecule has 3 aromatic carbocycles. The van der Waals surface area contributed by atoms with Crippen molar-refractivity contribution in [2.45, 2.75) is 18.0 Å². The van der Waals surface area contributed by atoms with E-state index in [0.29, 0.717) is 16.6 Å². The van der Waals surface area contributed by atoms with Gasteiger partial charge in [0.25, 0.3) is 10.0 Å². The van der Waals surface area contributed by atoms with Crippen molar-refractivity contribution in [2.75, 3.05) is 20.3 Å². The molecule has 0 saturated heterocycles. The highest BCUT2D eigenvalue weighted by molar-refractivity contribution is 7.89. The molecule has 8 nitrogen and oxygen atoms in total. The molecule has 0 radical (unpaired) electrons. The van der Waals surface area contributed by atoms with Crippen molar-refractivity contribution >= 4 is 42.6 Å². The molecule has 0 spiro atoms. The summed E-state index contributed by atoms with van der Waals surface area (Å²) < 4.78 is 91.5. The third-order valence-electron chi connectivity index (χ3n) is 5.82. The molecular formula is C26H20F4N4O4S2. The van der Waals surface area contributed by atoms with E-state index < -0.39 is 39.4 Å². The normalized spacial score (nSPS) is 12.4. The van der Waals surface area contributed by atoms with Crippen molar-refractivity contribution in [2.24, 2.45) is 0 Å². The summed E-state index contributed by atoms with van der Waals surface area (Å²) in [6.45, 7) is 0.551. The molecule has 40 heavy (non-hydrogen) atoms. The van der Waals surface area contributed by atoms with E-state index in [4.69, 9.17) is 9.47 Å². The molecule has 5 aromatic rings. The number of fused-ring (bicyclic) bond motifs is 2. The molecule has 0 saturated carbocycles. The molecular weight excluding hydrogens is 572 g/mol. The first-order valence-electron chi connectivity index (χ1n) is 11.7. The van der Waals surface area contributed by atoms with Gasteiger partial charge in [-0.25, -0.2) is 23.4 Å². The monoisotopic (exact) mass is 592 g/mol. The van der Waals surface area contributed by atoms with Crippen LogP contribution in [-0.2, 0) is 16.2 Å². The Bertz CT molecular complexity index is 1810. The van der Waals surface area contributed by atoms with E-state index in [1.807, 2.05) is 6.92 Å². The van der Waals surface area contributed by atoms with Gasteiger partial charge < -0.3 is 9.47 Å². The Kier molecular flexibility index (Phi) is 7.33. The topological polar surface area (TPSA) is 94.5 Å². The van der Waals surface area contributed by atoms with Crippen molar-refractivity contribution in [3.8, 4) is 22.2 Å². The predicted octanol–water partition coefficient (Wildman–Crippen LogP) is 6.20. The molecule has 2 heterocycles. The summed E-state index contributed by atoms with van der Waals surface area (Å²) in [7, 11) is -2.98. The van der Waals surface area contributed by atoms with E-state index in [1.54, 1.807) is 18.2 Å². The summed E-state index contributed by atoms with van der Waals surface area (Å²) in [5, 5.41) is 0.287. The minimum Gasteiger partial charge on any atom is -0.492 e. The molecule has 0 fully saturated rings. The quantitative estimate of drug-likeness (QED) is 0.157. The van der Waals surface area contributed by atoms with Crippen LogP contribution in [0, 0.1) is 6.92 Å². The zero-order valence-electron chi connectivity index (χ0n) is 20.9. The van der Waals surface area contributed by atoms with E-state index in [2.05, 4.69) is 15.0 Å². The molecule has 0 amide bonds. The lowest BCUT2D eigenvalue weighted by atomic mass is 10.1. The summed E-state index contributed by atoms with van der Waals surface area (Å²) >= 11 is 0.999. The summed E-state index contributed by atoms with van der Waals surface area (Å²) in [5.41, 5.74) is 0.913. The first-order valence-corrected chi connectivity index (χ1v) is 13.9. The number of benzene rings is 3. The van der Waals surface area contributed by atoms with Gasteiger partial charge in [-0.15, -0.1) is 15.8 Å².